The largest absolute Gasteiger partial charge is 0.463 e. The van der Waals surface area contributed by atoms with E-state index < -0.39 is 0 Å². The number of hydrogen-bond acceptors (Lipinski definition) is 2. The predicted octanol–water partition coefficient (Wildman–Crippen LogP) is 1.90. The van der Waals surface area contributed by atoms with Gasteiger partial charge in [-0.3, -0.25) is 0 Å². The van der Waals surface area contributed by atoms with Crippen molar-refractivity contribution < 1.29 is 9.53 Å². The molecule has 70 valence electrons. The zero-order chi connectivity index (χ0) is 9.68. The van der Waals surface area contributed by atoms with Crippen molar-refractivity contribution in [2.24, 2.45) is 0 Å². The van der Waals surface area contributed by atoms with Gasteiger partial charge in [0, 0.05) is 18.5 Å². The van der Waals surface area contributed by atoms with Gasteiger partial charge in [0.15, 0.2) is 0 Å². The SMILES string of the molecule is CCOC(=O)/C=C/c1c[nH]cc1C. The van der Waals surface area contributed by atoms with Crippen LogP contribution >= 0.6 is 0 Å². The van der Waals surface area contributed by atoms with Crippen LogP contribution in [-0.2, 0) is 9.53 Å². The Kier molecular flexibility index (Phi) is 3.31. The fourth-order valence-electron chi connectivity index (χ4n) is 0.981. The number of rotatable bonds is 3. The summed E-state index contributed by atoms with van der Waals surface area (Å²) < 4.78 is 4.74. The van der Waals surface area contributed by atoms with E-state index in [-0.39, 0.29) is 5.97 Å². The molecule has 0 saturated carbocycles. The van der Waals surface area contributed by atoms with Gasteiger partial charge in [-0.2, -0.15) is 0 Å². The average Bonchev–Trinajstić information content (AvgIpc) is 2.48. The number of esters is 1. The molecular formula is C10H13NO2. The zero-order valence-corrected chi connectivity index (χ0v) is 7.83. The molecule has 1 heterocycles. The highest BCUT2D eigenvalue weighted by molar-refractivity contribution is 5.87. The Morgan fingerprint density at radius 2 is 2.38 bits per heavy atom. The molecule has 0 fully saturated rings. The first-order valence-electron chi connectivity index (χ1n) is 4.22. The third kappa shape index (κ3) is 2.78. The summed E-state index contributed by atoms with van der Waals surface area (Å²) in [5, 5.41) is 0. The lowest BCUT2D eigenvalue weighted by molar-refractivity contribution is -0.137. The predicted molar refractivity (Wildman–Crippen MR) is 51.2 cm³/mol. The van der Waals surface area contributed by atoms with E-state index in [4.69, 9.17) is 4.74 Å². The maximum absolute atomic E-state index is 10.9. The zero-order valence-electron chi connectivity index (χ0n) is 7.83. The van der Waals surface area contributed by atoms with Gasteiger partial charge in [0.05, 0.1) is 6.61 Å². The van der Waals surface area contributed by atoms with Crippen LogP contribution in [-0.4, -0.2) is 17.6 Å². The second kappa shape index (κ2) is 4.50. The van der Waals surface area contributed by atoms with E-state index in [1.54, 1.807) is 13.0 Å². The smallest absolute Gasteiger partial charge is 0.330 e. The van der Waals surface area contributed by atoms with Crippen LogP contribution in [0.1, 0.15) is 18.1 Å². The number of aromatic nitrogens is 1. The molecule has 1 aromatic heterocycles. The molecule has 13 heavy (non-hydrogen) atoms. The molecule has 3 nitrogen and oxygen atoms in total. The summed E-state index contributed by atoms with van der Waals surface area (Å²) in [6.45, 7) is 4.17. The average molecular weight is 179 g/mol. The number of ether oxygens (including phenoxy) is 1. The lowest BCUT2D eigenvalue weighted by atomic mass is 10.2. The van der Waals surface area contributed by atoms with Crippen LogP contribution in [0.3, 0.4) is 0 Å². The van der Waals surface area contributed by atoms with Crippen molar-refractivity contribution in [1.29, 1.82) is 0 Å². The quantitative estimate of drug-likeness (QED) is 0.568. The van der Waals surface area contributed by atoms with Gasteiger partial charge in [-0.25, -0.2) is 4.79 Å². The summed E-state index contributed by atoms with van der Waals surface area (Å²) in [7, 11) is 0. The fourth-order valence-corrected chi connectivity index (χ4v) is 0.981. The number of aryl methyl sites for hydroxylation is 1. The van der Waals surface area contributed by atoms with Gasteiger partial charge in [0.25, 0.3) is 0 Å². The van der Waals surface area contributed by atoms with Crippen molar-refractivity contribution in [3.8, 4) is 0 Å². The molecule has 0 spiro atoms. The summed E-state index contributed by atoms with van der Waals surface area (Å²) in [6, 6.07) is 0. The molecule has 0 saturated heterocycles. The van der Waals surface area contributed by atoms with Crippen LogP contribution in [0.4, 0.5) is 0 Å². The second-order valence-corrected chi connectivity index (χ2v) is 2.68. The van der Waals surface area contributed by atoms with Gasteiger partial charge in [-0.05, 0) is 31.1 Å². The normalized spacial score (nSPS) is 10.6. The molecule has 0 unspecified atom stereocenters. The molecular weight excluding hydrogens is 166 g/mol. The first kappa shape index (κ1) is 9.58. The van der Waals surface area contributed by atoms with Gasteiger partial charge in [-0.1, -0.05) is 0 Å². The first-order valence-corrected chi connectivity index (χ1v) is 4.22. The lowest BCUT2D eigenvalue weighted by Gasteiger charge is -1.94. The minimum atomic E-state index is -0.303. The number of H-pyrrole nitrogens is 1. The van der Waals surface area contributed by atoms with Gasteiger partial charge in [-0.15, -0.1) is 0 Å². The van der Waals surface area contributed by atoms with E-state index in [1.165, 1.54) is 6.08 Å². The molecule has 0 radical (unpaired) electrons. The van der Waals surface area contributed by atoms with Gasteiger partial charge >= 0.3 is 5.97 Å². The Bertz CT molecular complexity index is 312. The van der Waals surface area contributed by atoms with E-state index in [9.17, 15) is 4.79 Å². The Morgan fingerprint density at radius 1 is 1.62 bits per heavy atom. The minimum absolute atomic E-state index is 0.303. The molecule has 1 rings (SSSR count). The minimum Gasteiger partial charge on any atom is -0.463 e. The molecule has 1 N–H and O–H groups in total. The standard InChI is InChI=1S/C10H13NO2/c1-3-13-10(12)5-4-9-7-11-6-8(9)2/h4-7,11H,3H2,1-2H3/b5-4+. The van der Waals surface area contributed by atoms with Crippen molar-refractivity contribution >= 4 is 12.0 Å². The number of nitrogens with one attached hydrogen (secondary N) is 1. The highest BCUT2D eigenvalue weighted by Crippen LogP contribution is 2.07. The molecule has 0 aliphatic heterocycles. The molecule has 0 aliphatic carbocycles. The number of hydrogen-bond donors (Lipinski definition) is 1. The molecule has 0 amide bonds. The van der Waals surface area contributed by atoms with Crippen molar-refractivity contribution in [2.45, 2.75) is 13.8 Å². The third-order valence-corrected chi connectivity index (χ3v) is 1.68. The molecule has 0 bridgehead atoms. The number of carbonyl (C=O) groups is 1. The van der Waals surface area contributed by atoms with Gasteiger partial charge in [0.1, 0.15) is 0 Å². The van der Waals surface area contributed by atoms with Crippen molar-refractivity contribution in [2.75, 3.05) is 6.61 Å². The van der Waals surface area contributed by atoms with E-state index in [0.29, 0.717) is 6.61 Å². The summed E-state index contributed by atoms with van der Waals surface area (Å²) in [6.07, 6.45) is 6.89. The van der Waals surface area contributed by atoms with Crippen molar-refractivity contribution in [1.82, 2.24) is 4.98 Å². The Balaban J connectivity index is 2.58. The maximum Gasteiger partial charge on any atom is 0.330 e. The highest BCUT2D eigenvalue weighted by atomic mass is 16.5. The van der Waals surface area contributed by atoms with E-state index in [2.05, 4.69) is 4.98 Å². The molecule has 0 aliphatic rings. The number of aromatic amines is 1. The second-order valence-electron chi connectivity index (χ2n) is 2.68. The van der Waals surface area contributed by atoms with Crippen LogP contribution in [0, 0.1) is 6.92 Å². The maximum atomic E-state index is 10.9. The molecule has 3 heteroatoms. The third-order valence-electron chi connectivity index (χ3n) is 1.68. The van der Waals surface area contributed by atoms with Crippen LogP contribution in [0.5, 0.6) is 0 Å². The van der Waals surface area contributed by atoms with Gasteiger partial charge in [0.2, 0.25) is 0 Å². The lowest BCUT2D eigenvalue weighted by Crippen LogP contribution is -1.98. The van der Waals surface area contributed by atoms with E-state index in [1.807, 2.05) is 19.3 Å². The van der Waals surface area contributed by atoms with E-state index in [0.717, 1.165) is 11.1 Å². The molecule has 0 atom stereocenters. The number of carbonyl (C=O) groups excluding carboxylic acids is 1. The van der Waals surface area contributed by atoms with Crippen molar-refractivity contribution in [3.63, 3.8) is 0 Å². The topological polar surface area (TPSA) is 42.1 Å². The van der Waals surface area contributed by atoms with Crippen LogP contribution < -0.4 is 0 Å². The Morgan fingerprint density at radius 3 is 2.92 bits per heavy atom. The van der Waals surface area contributed by atoms with Crippen LogP contribution in [0.2, 0.25) is 0 Å². The Hall–Kier alpha value is -1.51. The first-order chi connectivity index (χ1) is 6.24. The van der Waals surface area contributed by atoms with Crippen molar-refractivity contribution in [3.05, 3.63) is 29.6 Å². The molecule has 1 aromatic rings. The summed E-state index contributed by atoms with van der Waals surface area (Å²) >= 11 is 0. The van der Waals surface area contributed by atoms with E-state index >= 15 is 0 Å². The summed E-state index contributed by atoms with van der Waals surface area (Å²) in [5.41, 5.74) is 2.12. The molecule has 0 aromatic carbocycles. The summed E-state index contributed by atoms with van der Waals surface area (Å²) in [4.78, 5) is 13.9. The Labute approximate surface area is 77.4 Å². The summed E-state index contributed by atoms with van der Waals surface area (Å²) in [5.74, 6) is -0.303. The van der Waals surface area contributed by atoms with Crippen LogP contribution in [0.15, 0.2) is 18.5 Å². The van der Waals surface area contributed by atoms with Gasteiger partial charge < -0.3 is 9.72 Å². The van der Waals surface area contributed by atoms with Crippen LogP contribution in [0.25, 0.3) is 6.08 Å². The highest BCUT2D eigenvalue weighted by Gasteiger charge is 1.96. The monoisotopic (exact) mass is 179 g/mol. The fraction of sp³-hybridized carbons (Fsp3) is 0.300.